The molecule has 4 aromatic rings. The number of imidazole rings is 1. The maximum Gasteiger partial charge on any atom is 0.335 e. The molecule has 1 atom stereocenters. The second kappa shape index (κ2) is 10.8. The molecule has 4 heterocycles. The van der Waals surface area contributed by atoms with Gasteiger partial charge in [0.1, 0.15) is 17.2 Å². The number of fused-ring (bicyclic) bond motifs is 1. The number of anilines is 1. The van der Waals surface area contributed by atoms with Crippen molar-refractivity contribution in [3.05, 3.63) is 83.7 Å². The number of benzene rings is 2. The van der Waals surface area contributed by atoms with E-state index in [9.17, 15) is 9.90 Å². The third-order valence-electron chi connectivity index (χ3n) is 8.79. The fraction of sp³-hybridized carbons (Fsp3) is 0.406. The van der Waals surface area contributed by atoms with Gasteiger partial charge in [-0.3, -0.25) is 4.90 Å². The number of carbonyl (C=O) groups is 1. The van der Waals surface area contributed by atoms with Crippen molar-refractivity contribution in [2.45, 2.75) is 50.5 Å². The fourth-order valence-electron chi connectivity index (χ4n) is 6.12. The monoisotopic (exact) mass is 553 g/mol. The van der Waals surface area contributed by atoms with E-state index in [1.807, 2.05) is 24.3 Å². The van der Waals surface area contributed by atoms with Gasteiger partial charge in [0.2, 0.25) is 5.88 Å². The smallest absolute Gasteiger partial charge is 0.335 e. The van der Waals surface area contributed by atoms with Crippen molar-refractivity contribution < 1.29 is 19.4 Å². The van der Waals surface area contributed by atoms with E-state index in [-0.39, 0.29) is 17.3 Å². The Kier molecular flexibility index (Phi) is 6.84. The second-order valence-corrected chi connectivity index (χ2v) is 11.3. The Bertz CT molecular complexity index is 1540. The maximum atomic E-state index is 11.6. The van der Waals surface area contributed by atoms with Crippen LogP contribution >= 0.6 is 0 Å². The summed E-state index contributed by atoms with van der Waals surface area (Å²) in [5, 5.41) is 9.52. The highest BCUT2D eigenvalue weighted by Crippen LogP contribution is 2.44. The van der Waals surface area contributed by atoms with Crippen molar-refractivity contribution >= 4 is 22.8 Å². The number of hydrogen-bond acceptors (Lipinski definition) is 7. The van der Waals surface area contributed by atoms with Gasteiger partial charge in [-0.1, -0.05) is 36.4 Å². The van der Waals surface area contributed by atoms with Gasteiger partial charge in [0.05, 0.1) is 35.8 Å². The van der Waals surface area contributed by atoms with E-state index in [4.69, 9.17) is 19.4 Å². The lowest BCUT2D eigenvalue weighted by Crippen LogP contribution is -2.46. The van der Waals surface area contributed by atoms with Crippen LogP contribution in [0.2, 0.25) is 0 Å². The average Bonchev–Trinajstić information content (AvgIpc) is 3.29. The predicted octanol–water partition coefficient (Wildman–Crippen LogP) is 4.70. The van der Waals surface area contributed by atoms with Gasteiger partial charge in [0.25, 0.3) is 0 Å². The third-order valence-corrected chi connectivity index (χ3v) is 8.79. The Hall–Kier alpha value is -3.95. The van der Waals surface area contributed by atoms with Crippen LogP contribution in [-0.4, -0.2) is 69.4 Å². The quantitative estimate of drug-likeness (QED) is 0.319. The molecule has 0 amide bonds. The van der Waals surface area contributed by atoms with Crippen molar-refractivity contribution in [1.82, 2.24) is 19.4 Å². The lowest BCUT2D eigenvalue weighted by molar-refractivity contribution is -0.0592. The minimum atomic E-state index is -0.928. The Balaban J connectivity index is 1.04. The molecule has 2 saturated heterocycles. The molecule has 1 saturated carbocycles. The van der Waals surface area contributed by atoms with Crippen molar-refractivity contribution in [1.29, 1.82) is 0 Å². The number of carboxylic acids is 1. The Morgan fingerprint density at radius 1 is 1.00 bits per heavy atom. The summed E-state index contributed by atoms with van der Waals surface area (Å²) in [4.78, 5) is 26.2. The van der Waals surface area contributed by atoms with Crippen molar-refractivity contribution in [2.24, 2.45) is 0 Å². The zero-order valence-corrected chi connectivity index (χ0v) is 23.1. The van der Waals surface area contributed by atoms with Gasteiger partial charge in [-0.05, 0) is 55.5 Å². The first-order chi connectivity index (χ1) is 20.1. The summed E-state index contributed by atoms with van der Waals surface area (Å²) in [5.74, 6) is 1.65. The summed E-state index contributed by atoms with van der Waals surface area (Å²) >= 11 is 0. The molecular formula is C32H35N5O4. The van der Waals surface area contributed by atoms with Crippen LogP contribution in [0.15, 0.2) is 66.7 Å². The first-order valence-corrected chi connectivity index (χ1v) is 14.6. The number of ether oxygens (including phenoxy) is 2. The molecule has 0 spiro atoms. The van der Waals surface area contributed by atoms with Crippen molar-refractivity contribution in [2.75, 3.05) is 37.7 Å². The SMILES string of the molecule is O=C(O)c1ccc2nc(CN3CCN(c4cccc(OC5(c6ccccc6)CCC5)n4)CC3)n(C[C@@H]3CCO3)c2c1. The number of piperazine rings is 1. The molecule has 212 valence electrons. The van der Waals surface area contributed by atoms with Gasteiger partial charge >= 0.3 is 5.97 Å². The summed E-state index contributed by atoms with van der Waals surface area (Å²) in [5.41, 5.74) is 2.91. The highest BCUT2D eigenvalue weighted by atomic mass is 16.5. The second-order valence-electron chi connectivity index (χ2n) is 11.3. The van der Waals surface area contributed by atoms with Crippen LogP contribution in [0.1, 0.15) is 47.4 Å². The van der Waals surface area contributed by atoms with Crippen molar-refractivity contribution in [3.63, 3.8) is 0 Å². The van der Waals surface area contributed by atoms with Gasteiger partial charge in [0, 0.05) is 38.9 Å². The molecule has 0 bridgehead atoms. The third kappa shape index (κ3) is 5.15. The first kappa shape index (κ1) is 26.0. The van der Waals surface area contributed by atoms with E-state index in [0.717, 1.165) is 74.7 Å². The van der Waals surface area contributed by atoms with Gasteiger partial charge < -0.3 is 24.0 Å². The minimum absolute atomic E-state index is 0.151. The van der Waals surface area contributed by atoms with Crippen molar-refractivity contribution in [3.8, 4) is 5.88 Å². The molecule has 1 aliphatic carbocycles. The Morgan fingerprint density at radius 3 is 2.49 bits per heavy atom. The summed E-state index contributed by atoms with van der Waals surface area (Å²) in [6.45, 7) is 5.64. The summed E-state index contributed by atoms with van der Waals surface area (Å²) < 4.78 is 14.4. The average molecular weight is 554 g/mol. The highest BCUT2D eigenvalue weighted by molar-refractivity contribution is 5.92. The van der Waals surface area contributed by atoms with Gasteiger partial charge in [-0.2, -0.15) is 4.98 Å². The topological polar surface area (TPSA) is 93.0 Å². The van der Waals surface area contributed by atoms with E-state index in [0.29, 0.717) is 19.0 Å². The molecule has 3 fully saturated rings. The zero-order valence-electron chi connectivity index (χ0n) is 23.1. The van der Waals surface area contributed by atoms with Crippen LogP contribution in [0, 0.1) is 0 Å². The molecule has 9 heteroatoms. The molecule has 1 N–H and O–H groups in total. The molecule has 2 aliphatic heterocycles. The molecular weight excluding hydrogens is 518 g/mol. The molecule has 7 rings (SSSR count). The number of pyridine rings is 1. The molecule has 0 unspecified atom stereocenters. The largest absolute Gasteiger partial charge is 0.478 e. The van der Waals surface area contributed by atoms with Crippen LogP contribution in [0.3, 0.4) is 0 Å². The highest BCUT2D eigenvalue weighted by Gasteiger charge is 2.41. The number of rotatable bonds is 9. The molecule has 2 aromatic heterocycles. The van der Waals surface area contributed by atoms with Gasteiger partial charge in [0.15, 0.2) is 0 Å². The number of aromatic carboxylic acids is 1. The van der Waals surface area contributed by atoms with E-state index in [2.05, 4.69) is 44.7 Å². The summed E-state index contributed by atoms with van der Waals surface area (Å²) in [6.07, 6.45) is 4.35. The molecule has 3 aliphatic rings. The van der Waals surface area contributed by atoms with Crippen LogP contribution < -0.4 is 9.64 Å². The Labute approximate surface area is 239 Å². The number of aromatic nitrogens is 3. The zero-order chi connectivity index (χ0) is 27.8. The number of carboxylic acid groups (broad SMARTS) is 1. The van der Waals surface area contributed by atoms with Crippen LogP contribution in [0.5, 0.6) is 5.88 Å². The van der Waals surface area contributed by atoms with E-state index in [1.165, 1.54) is 12.0 Å². The molecule has 41 heavy (non-hydrogen) atoms. The molecule has 0 radical (unpaired) electrons. The van der Waals surface area contributed by atoms with Crippen LogP contribution in [0.25, 0.3) is 11.0 Å². The van der Waals surface area contributed by atoms with Crippen LogP contribution in [0.4, 0.5) is 5.82 Å². The standard InChI is InChI=1S/C32H35N5O4/c38-31(39)23-10-11-26-27(20-23)37(21-25-12-19-40-25)29(33-26)22-35-15-17-36(18-16-35)28-8-4-9-30(34-28)41-32(13-5-14-32)24-6-2-1-3-7-24/h1-4,6-11,20,25H,5,12-19,21-22H2,(H,38,39)/t25-/m0/s1. The number of nitrogens with zero attached hydrogens (tertiary/aromatic N) is 5. The normalized spacial score (nSPS) is 20.4. The molecule has 2 aromatic carbocycles. The van der Waals surface area contributed by atoms with Gasteiger partial charge in [-0.25, -0.2) is 9.78 Å². The Morgan fingerprint density at radius 2 is 1.80 bits per heavy atom. The first-order valence-electron chi connectivity index (χ1n) is 14.6. The lowest BCUT2D eigenvalue weighted by Gasteiger charge is -2.42. The predicted molar refractivity (Wildman–Crippen MR) is 155 cm³/mol. The lowest BCUT2D eigenvalue weighted by atomic mass is 9.75. The summed E-state index contributed by atoms with van der Waals surface area (Å²) in [7, 11) is 0. The minimum Gasteiger partial charge on any atom is -0.478 e. The maximum absolute atomic E-state index is 11.6. The number of hydrogen-bond donors (Lipinski definition) is 1. The fourth-order valence-corrected chi connectivity index (χ4v) is 6.12. The van der Waals surface area contributed by atoms with E-state index < -0.39 is 5.97 Å². The van der Waals surface area contributed by atoms with Crippen LogP contribution in [-0.2, 0) is 23.4 Å². The molecule has 9 nitrogen and oxygen atoms in total. The van der Waals surface area contributed by atoms with E-state index >= 15 is 0 Å². The van der Waals surface area contributed by atoms with Gasteiger partial charge in [-0.15, -0.1) is 0 Å². The summed E-state index contributed by atoms with van der Waals surface area (Å²) in [6, 6.07) is 21.7. The van der Waals surface area contributed by atoms with E-state index in [1.54, 1.807) is 12.1 Å².